The molecule has 0 aliphatic rings. The topological polar surface area (TPSA) is 68.0 Å². The smallest absolute Gasteiger partial charge is 0.164 e. The second-order valence-electron chi connectivity index (χ2n) is 6.43. The molecule has 0 amide bonds. The predicted molar refractivity (Wildman–Crippen MR) is 105 cm³/mol. The van der Waals surface area contributed by atoms with E-state index in [1.54, 1.807) is 47.4 Å². The highest BCUT2D eigenvalue weighted by Crippen LogP contribution is 2.19. The third-order valence-corrected chi connectivity index (χ3v) is 4.13. The molecule has 1 N–H and O–H groups in total. The van der Waals surface area contributed by atoms with Gasteiger partial charge in [-0.3, -0.25) is 9.36 Å². The van der Waals surface area contributed by atoms with Crippen LogP contribution < -0.4 is 0 Å². The van der Waals surface area contributed by atoms with Crippen molar-refractivity contribution in [1.82, 2.24) is 14.5 Å². The van der Waals surface area contributed by atoms with Gasteiger partial charge < -0.3 is 5.11 Å². The zero-order valence-electron chi connectivity index (χ0n) is 16.0. The SMILES string of the molecule is CC(=O)c1cnc2c(c1)ncn2-c1ccc(O)cc1.CCCC(F)CCC. The fourth-order valence-electron chi connectivity index (χ4n) is 2.67. The summed E-state index contributed by atoms with van der Waals surface area (Å²) >= 11 is 0. The van der Waals surface area contributed by atoms with Gasteiger partial charge in [0.1, 0.15) is 23.8 Å². The largest absolute Gasteiger partial charge is 0.508 e. The van der Waals surface area contributed by atoms with Crippen molar-refractivity contribution in [3.63, 3.8) is 0 Å². The average molecular weight is 371 g/mol. The Bertz CT molecular complexity index is 869. The number of nitrogens with zero attached hydrogens (tertiary/aromatic N) is 3. The number of aromatic nitrogens is 3. The number of benzene rings is 1. The summed E-state index contributed by atoms with van der Waals surface area (Å²) in [6.07, 6.45) is 6.09. The van der Waals surface area contributed by atoms with Crippen LogP contribution in [0, 0.1) is 0 Å². The highest BCUT2D eigenvalue weighted by molar-refractivity contribution is 5.96. The van der Waals surface area contributed by atoms with Crippen molar-refractivity contribution in [2.75, 3.05) is 0 Å². The van der Waals surface area contributed by atoms with E-state index in [4.69, 9.17) is 0 Å². The number of hydrogen-bond acceptors (Lipinski definition) is 4. The highest BCUT2D eigenvalue weighted by Gasteiger charge is 2.08. The van der Waals surface area contributed by atoms with E-state index in [0.29, 0.717) is 16.7 Å². The lowest BCUT2D eigenvalue weighted by Gasteiger charge is -2.03. The molecule has 0 saturated heterocycles. The molecule has 0 spiro atoms. The Kier molecular flexibility index (Phi) is 7.46. The number of carbonyl (C=O) groups is 1. The number of phenols is 1. The molecule has 3 aromatic rings. The molecular weight excluding hydrogens is 345 g/mol. The number of ketones is 1. The summed E-state index contributed by atoms with van der Waals surface area (Å²) in [5.74, 6) is 0.175. The second-order valence-corrected chi connectivity index (χ2v) is 6.43. The van der Waals surface area contributed by atoms with Crippen molar-refractivity contribution in [1.29, 1.82) is 0 Å². The van der Waals surface area contributed by atoms with Gasteiger partial charge in [-0.25, -0.2) is 14.4 Å². The van der Waals surface area contributed by atoms with E-state index in [2.05, 4.69) is 9.97 Å². The van der Waals surface area contributed by atoms with E-state index >= 15 is 0 Å². The molecule has 0 aliphatic carbocycles. The summed E-state index contributed by atoms with van der Waals surface area (Å²) in [5, 5.41) is 9.29. The van der Waals surface area contributed by atoms with Gasteiger partial charge >= 0.3 is 0 Å². The van der Waals surface area contributed by atoms with Gasteiger partial charge in [0.25, 0.3) is 0 Å². The maximum absolute atomic E-state index is 12.4. The van der Waals surface area contributed by atoms with Gasteiger partial charge in [0.15, 0.2) is 11.4 Å². The third-order valence-electron chi connectivity index (χ3n) is 4.13. The fraction of sp³-hybridized carbons (Fsp3) is 0.381. The van der Waals surface area contributed by atoms with Crippen molar-refractivity contribution in [2.24, 2.45) is 0 Å². The van der Waals surface area contributed by atoms with Crippen LogP contribution in [0.4, 0.5) is 4.39 Å². The van der Waals surface area contributed by atoms with E-state index < -0.39 is 6.17 Å². The first-order valence-electron chi connectivity index (χ1n) is 9.23. The molecule has 0 unspecified atom stereocenters. The Balaban J connectivity index is 0.000000279. The summed E-state index contributed by atoms with van der Waals surface area (Å²) in [4.78, 5) is 19.8. The van der Waals surface area contributed by atoms with Crippen molar-refractivity contribution >= 4 is 16.9 Å². The number of rotatable bonds is 6. The fourth-order valence-corrected chi connectivity index (χ4v) is 2.67. The first kappa shape index (κ1) is 20.6. The summed E-state index contributed by atoms with van der Waals surface area (Å²) in [6, 6.07) is 8.48. The van der Waals surface area contributed by atoms with Gasteiger partial charge in [-0.1, -0.05) is 26.7 Å². The first-order valence-corrected chi connectivity index (χ1v) is 9.23. The molecule has 5 nitrogen and oxygen atoms in total. The molecule has 0 saturated carbocycles. The molecule has 0 bridgehead atoms. The monoisotopic (exact) mass is 371 g/mol. The van der Waals surface area contributed by atoms with Crippen LogP contribution in [0.1, 0.15) is 56.8 Å². The van der Waals surface area contributed by atoms with Crippen LogP contribution in [0.15, 0.2) is 42.9 Å². The quantitative estimate of drug-likeness (QED) is 0.601. The second kappa shape index (κ2) is 9.80. The van der Waals surface area contributed by atoms with Gasteiger partial charge in [0.05, 0.1) is 0 Å². The molecule has 0 aliphatic heterocycles. The van der Waals surface area contributed by atoms with Crippen LogP contribution in [-0.4, -0.2) is 31.6 Å². The van der Waals surface area contributed by atoms with Crippen molar-refractivity contribution in [3.05, 3.63) is 48.4 Å². The van der Waals surface area contributed by atoms with E-state index in [1.807, 2.05) is 13.8 Å². The lowest BCUT2D eigenvalue weighted by molar-refractivity contribution is 0.101. The molecule has 2 aromatic heterocycles. The van der Waals surface area contributed by atoms with E-state index in [1.165, 1.54) is 6.92 Å². The number of pyridine rings is 1. The lowest BCUT2D eigenvalue weighted by atomic mass is 10.1. The molecule has 0 radical (unpaired) electrons. The van der Waals surface area contributed by atoms with Crippen LogP contribution in [-0.2, 0) is 0 Å². The Labute approximate surface area is 158 Å². The maximum Gasteiger partial charge on any atom is 0.164 e. The number of hydrogen-bond donors (Lipinski definition) is 1. The van der Waals surface area contributed by atoms with E-state index in [9.17, 15) is 14.3 Å². The third kappa shape index (κ3) is 5.61. The van der Waals surface area contributed by atoms with Crippen LogP contribution >= 0.6 is 0 Å². The summed E-state index contributed by atoms with van der Waals surface area (Å²) < 4.78 is 14.2. The van der Waals surface area contributed by atoms with Crippen LogP contribution in [0.3, 0.4) is 0 Å². The molecule has 0 atom stereocenters. The number of Topliss-reactive ketones (excluding diaryl/α,β-unsaturated/α-hetero) is 1. The first-order chi connectivity index (χ1) is 13.0. The summed E-state index contributed by atoms with van der Waals surface area (Å²) in [6.45, 7) is 5.53. The number of halogens is 1. The number of carbonyl (C=O) groups excluding carboxylic acids is 1. The molecule has 3 rings (SSSR count). The van der Waals surface area contributed by atoms with Gasteiger partial charge in [-0.2, -0.15) is 0 Å². The molecule has 1 aromatic carbocycles. The minimum atomic E-state index is -0.537. The summed E-state index contributed by atoms with van der Waals surface area (Å²) in [5.41, 5.74) is 2.74. The molecule has 0 fully saturated rings. The van der Waals surface area contributed by atoms with Crippen LogP contribution in [0.5, 0.6) is 5.75 Å². The molecule has 144 valence electrons. The van der Waals surface area contributed by atoms with Crippen molar-refractivity contribution in [2.45, 2.75) is 52.6 Å². The minimum absolute atomic E-state index is 0.0337. The Morgan fingerprint density at radius 1 is 1.15 bits per heavy atom. The molecule has 2 heterocycles. The Morgan fingerprint density at radius 2 is 1.78 bits per heavy atom. The predicted octanol–water partition coefficient (Wildman–Crippen LogP) is 5.25. The zero-order valence-corrected chi connectivity index (χ0v) is 16.0. The van der Waals surface area contributed by atoms with Crippen LogP contribution in [0.25, 0.3) is 16.9 Å². The number of aromatic hydroxyl groups is 1. The van der Waals surface area contributed by atoms with Gasteiger partial charge in [-0.05, 0) is 50.1 Å². The number of fused-ring (bicyclic) bond motifs is 1. The number of phenolic OH excluding ortho intramolecular Hbond substituents is 1. The van der Waals surface area contributed by atoms with E-state index in [-0.39, 0.29) is 11.5 Å². The minimum Gasteiger partial charge on any atom is -0.508 e. The Hall–Kier alpha value is -2.76. The van der Waals surface area contributed by atoms with Gasteiger partial charge in [-0.15, -0.1) is 0 Å². The van der Waals surface area contributed by atoms with Crippen molar-refractivity contribution < 1.29 is 14.3 Å². The highest BCUT2D eigenvalue weighted by atomic mass is 19.1. The van der Waals surface area contributed by atoms with Gasteiger partial charge in [0.2, 0.25) is 0 Å². The zero-order chi connectivity index (χ0) is 19.8. The standard InChI is InChI=1S/C14H11N3O2.C7H15F/c1-9(18)10-6-13-14(15-7-10)17(8-16-13)11-2-4-12(19)5-3-11;1-3-5-7(8)6-4-2/h2-8,19H,1H3;7H,3-6H2,1-2H3. The average Bonchev–Trinajstić information content (AvgIpc) is 3.06. The summed E-state index contributed by atoms with van der Waals surface area (Å²) in [7, 11) is 0. The van der Waals surface area contributed by atoms with Crippen molar-refractivity contribution in [3.8, 4) is 11.4 Å². The molecule has 6 heteroatoms. The number of imidazole rings is 1. The molecule has 27 heavy (non-hydrogen) atoms. The molecular formula is C21H26FN3O2. The normalized spacial score (nSPS) is 10.7. The van der Waals surface area contributed by atoms with E-state index in [0.717, 1.165) is 31.4 Å². The van der Waals surface area contributed by atoms with Gasteiger partial charge in [0, 0.05) is 17.4 Å². The van der Waals surface area contributed by atoms with Crippen LogP contribution in [0.2, 0.25) is 0 Å². The lowest BCUT2D eigenvalue weighted by Crippen LogP contribution is -1.96. The number of alkyl halides is 1. The maximum atomic E-state index is 12.4. The Morgan fingerprint density at radius 3 is 2.33 bits per heavy atom.